The fraction of sp³-hybridized carbons (Fsp3) is 0.360. The molecule has 31 heavy (non-hydrogen) atoms. The van der Waals surface area contributed by atoms with E-state index < -0.39 is 18.1 Å². The third kappa shape index (κ3) is 4.51. The van der Waals surface area contributed by atoms with Crippen molar-refractivity contribution in [3.63, 3.8) is 0 Å². The topological polar surface area (TPSA) is 57.6 Å². The minimum absolute atomic E-state index is 0.0151. The number of amides is 1. The van der Waals surface area contributed by atoms with Gasteiger partial charge in [0.25, 0.3) is 0 Å². The fourth-order valence-corrected chi connectivity index (χ4v) is 5.18. The third-order valence-corrected chi connectivity index (χ3v) is 6.87. The molecule has 1 N–H and O–H groups in total. The number of nitrogens with zero attached hydrogens (tertiary/aromatic N) is 1. The van der Waals surface area contributed by atoms with Crippen LogP contribution >= 0.6 is 23.2 Å². The van der Waals surface area contributed by atoms with Crippen molar-refractivity contribution < 1.29 is 14.7 Å². The summed E-state index contributed by atoms with van der Waals surface area (Å²) in [5.41, 5.74) is 1.88. The maximum Gasteiger partial charge on any atom is 0.326 e. The maximum atomic E-state index is 13.7. The molecule has 4 nitrogen and oxygen atoms in total. The van der Waals surface area contributed by atoms with Gasteiger partial charge in [-0.2, -0.15) is 0 Å². The molecular weight excluding hydrogens is 433 g/mol. The normalized spacial score (nSPS) is 24.6. The second-order valence-electron chi connectivity index (χ2n) is 8.48. The summed E-state index contributed by atoms with van der Waals surface area (Å²) in [4.78, 5) is 27.7. The molecule has 0 bridgehead atoms. The molecular formula is C25H25Cl2NO3. The van der Waals surface area contributed by atoms with E-state index in [1.807, 2.05) is 36.4 Å². The van der Waals surface area contributed by atoms with Crippen LogP contribution < -0.4 is 0 Å². The van der Waals surface area contributed by atoms with Crippen molar-refractivity contribution in [2.75, 3.05) is 0 Å². The summed E-state index contributed by atoms with van der Waals surface area (Å²) < 4.78 is 0. The van der Waals surface area contributed by atoms with Gasteiger partial charge in [-0.25, -0.2) is 4.79 Å². The van der Waals surface area contributed by atoms with Gasteiger partial charge in [0, 0.05) is 21.9 Å². The lowest BCUT2D eigenvalue weighted by Gasteiger charge is -2.47. The molecule has 1 saturated carbocycles. The predicted octanol–water partition coefficient (Wildman–Crippen LogP) is 6.11. The summed E-state index contributed by atoms with van der Waals surface area (Å²) in [6, 6.07) is 13.7. The highest BCUT2D eigenvalue weighted by Crippen LogP contribution is 2.50. The third-order valence-electron chi connectivity index (χ3n) is 6.38. The number of halogens is 2. The Kier molecular flexibility index (Phi) is 6.40. The van der Waals surface area contributed by atoms with E-state index in [0.717, 1.165) is 24.0 Å². The molecule has 6 heteroatoms. The number of likely N-dealkylation sites (tertiary alicyclic amines) is 1. The highest BCUT2D eigenvalue weighted by atomic mass is 35.5. The monoisotopic (exact) mass is 457 g/mol. The summed E-state index contributed by atoms with van der Waals surface area (Å²) in [5, 5.41) is 11.3. The van der Waals surface area contributed by atoms with Gasteiger partial charge in [0.15, 0.2) is 0 Å². The fourth-order valence-electron chi connectivity index (χ4n) is 4.85. The van der Waals surface area contributed by atoms with Gasteiger partial charge in [-0.05, 0) is 67.0 Å². The molecule has 1 unspecified atom stereocenters. The molecule has 2 aromatic carbocycles. The van der Waals surface area contributed by atoms with Crippen LogP contribution in [0.25, 0.3) is 0 Å². The van der Waals surface area contributed by atoms with E-state index >= 15 is 0 Å². The standard InChI is InChI=1S/C25H25Cl2NO3/c1-2-4-18-14-21(17-5-3-6-20(27)13-17)22(15-9-11-19(26)12-10-15)28(24(18)29)23(25(30)31)16-7-8-16/h2-3,5-6,9-13,16,18,21-23H,1,4,7-8,14H2,(H,30,31)/t18-,21+,22+,23?/m0/s1. The smallest absolute Gasteiger partial charge is 0.326 e. The number of carboxylic acid groups (broad SMARTS) is 1. The van der Waals surface area contributed by atoms with Gasteiger partial charge in [0.1, 0.15) is 6.04 Å². The first-order valence-corrected chi connectivity index (χ1v) is 11.3. The summed E-state index contributed by atoms with van der Waals surface area (Å²) in [7, 11) is 0. The zero-order valence-corrected chi connectivity index (χ0v) is 18.6. The van der Waals surface area contributed by atoms with E-state index in [-0.39, 0.29) is 23.7 Å². The Balaban J connectivity index is 1.88. The number of carbonyl (C=O) groups is 2. The zero-order chi connectivity index (χ0) is 22.1. The molecule has 2 aliphatic rings. The Labute approximate surface area is 192 Å². The number of benzene rings is 2. The van der Waals surface area contributed by atoms with Crippen molar-refractivity contribution in [3.8, 4) is 0 Å². The van der Waals surface area contributed by atoms with Crippen LogP contribution in [0.4, 0.5) is 0 Å². The Morgan fingerprint density at radius 3 is 2.42 bits per heavy atom. The van der Waals surface area contributed by atoms with E-state index in [1.165, 1.54) is 0 Å². The molecule has 1 heterocycles. The van der Waals surface area contributed by atoms with Gasteiger partial charge < -0.3 is 10.0 Å². The van der Waals surface area contributed by atoms with Gasteiger partial charge in [-0.1, -0.05) is 53.5 Å². The van der Waals surface area contributed by atoms with Crippen LogP contribution in [0.15, 0.2) is 61.2 Å². The summed E-state index contributed by atoms with van der Waals surface area (Å²) in [6.45, 7) is 3.82. The Morgan fingerprint density at radius 2 is 1.84 bits per heavy atom. The molecule has 0 radical (unpaired) electrons. The molecule has 1 saturated heterocycles. The van der Waals surface area contributed by atoms with Gasteiger partial charge in [-0.3, -0.25) is 4.79 Å². The summed E-state index contributed by atoms with van der Waals surface area (Å²) in [5.74, 6) is -1.48. The number of piperidine rings is 1. The molecule has 4 rings (SSSR count). The van der Waals surface area contributed by atoms with Gasteiger partial charge in [0.2, 0.25) is 5.91 Å². The number of aliphatic carboxylic acids is 1. The minimum atomic E-state index is -0.945. The number of carboxylic acids is 1. The first-order chi connectivity index (χ1) is 14.9. The van der Waals surface area contributed by atoms with E-state index in [2.05, 4.69) is 6.58 Å². The van der Waals surface area contributed by atoms with Gasteiger partial charge >= 0.3 is 5.97 Å². The van der Waals surface area contributed by atoms with Crippen LogP contribution in [0, 0.1) is 11.8 Å². The molecule has 0 spiro atoms. The number of rotatable bonds is 7. The average molecular weight is 458 g/mol. The second kappa shape index (κ2) is 9.05. The lowest BCUT2D eigenvalue weighted by atomic mass is 9.74. The molecule has 1 aliphatic heterocycles. The van der Waals surface area contributed by atoms with E-state index in [9.17, 15) is 14.7 Å². The molecule has 1 amide bonds. The highest BCUT2D eigenvalue weighted by Gasteiger charge is 2.51. The minimum Gasteiger partial charge on any atom is -0.480 e. The van der Waals surface area contributed by atoms with E-state index in [4.69, 9.17) is 23.2 Å². The van der Waals surface area contributed by atoms with Crippen LogP contribution in [0.3, 0.4) is 0 Å². The predicted molar refractivity (Wildman–Crippen MR) is 122 cm³/mol. The van der Waals surface area contributed by atoms with E-state index in [0.29, 0.717) is 22.9 Å². The zero-order valence-electron chi connectivity index (χ0n) is 17.1. The molecule has 2 fully saturated rings. The lowest BCUT2D eigenvalue weighted by Crippen LogP contribution is -2.55. The van der Waals surface area contributed by atoms with Crippen LogP contribution in [0.5, 0.6) is 0 Å². The highest BCUT2D eigenvalue weighted by molar-refractivity contribution is 6.30. The summed E-state index contributed by atoms with van der Waals surface area (Å²) >= 11 is 12.4. The van der Waals surface area contributed by atoms with Crippen molar-refractivity contribution in [3.05, 3.63) is 82.4 Å². The molecule has 4 atom stereocenters. The van der Waals surface area contributed by atoms with Crippen LogP contribution in [-0.2, 0) is 9.59 Å². The Bertz CT molecular complexity index is 987. The van der Waals surface area contributed by atoms with E-state index in [1.54, 1.807) is 23.1 Å². The van der Waals surface area contributed by atoms with Crippen molar-refractivity contribution in [1.82, 2.24) is 4.90 Å². The Morgan fingerprint density at radius 1 is 1.13 bits per heavy atom. The van der Waals surface area contributed by atoms with Crippen molar-refractivity contribution in [2.24, 2.45) is 11.8 Å². The average Bonchev–Trinajstić information content (AvgIpc) is 3.56. The van der Waals surface area contributed by atoms with Gasteiger partial charge in [-0.15, -0.1) is 6.58 Å². The quantitative estimate of drug-likeness (QED) is 0.510. The lowest BCUT2D eigenvalue weighted by molar-refractivity contribution is -0.160. The largest absolute Gasteiger partial charge is 0.480 e. The van der Waals surface area contributed by atoms with Crippen LogP contribution in [0.2, 0.25) is 10.0 Å². The first-order valence-electron chi connectivity index (χ1n) is 10.6. The molecule has 162 valence electrons. The maximum absolute atomic E-state index is 13.7. The van der Waals surface area contributed by atoms with Crippen molar-refractivity contribution in [2.45, 2.75) is 43.7 Å². The number of allylic oxidation sites excluding steroid dienone is 1. The molecule has 1 aliphatic carbocycles. The molecule has 0 aromatic heterocycles. The van der Waals surface area contributed by atoms with Crippen molar-refractivity contribution in [1.29, 1.82) is 0 Å². The number of hydrogen-bond acceptors (Lipinski definition) is 2. The van der Waals surface area contributed by atoms with Crippen LogP contribution in [-0.4, -0.2) is 27.9 Å². The number of hydrogen-bond donors (Lipinski definition) is 1. The first kappa shape index (κ1) is 21.9. The summed E-state index contributed by atoms with van der Waals surface area (Å²) in [6.07, 6.45) is 4.50. The molecule has 2 aromatic rings. The van der Waals surface area contributed by atoms with Crippen LogP contribution in [0.1, 0.15) is 48.8 Å². The van der Waals surface area contributed by atoms with Gasteiger partial charge in [0.05, 0.1) is 6.04 Å². The second-order valence-corrected chi connectivity index (χ2v) is 9.35. The number of carbonyl (C=O) groups excluding carboxylic acids is 1. The Hall–Kier alpha value is -2.30. The van der Waals surface area contributed by atoms with Crippen molar-refractivity contribution >= 4 is 35.1 Å². The SMILES string of the molecule is C=CC[C@H]1C[C@H](c2cccc(Cl)c2)[C@@H](c2ccc(Cl)cc2)N(C(C(=O)O)C2CC2)C1=O.